The van der Waals surface area contributed by atoms with E-state index in [4.69, 9.17) is 11.6 Å². The van der Waals surface area contributed by atoms with E-state index in [-0.39, 0.29) is 18.4 Å². The van der Waals surface area contributed by atoms with Crippen molar-refractivity contribution in [3.63, 3.8) is 0 Å². The first-order chi connectivity index (χ1) is 14.2. The summed E-state index contributed by atoms with van der Waals surface area (Å²) in [4.78, 5) is 29.5. The van der Waals surface area contributed by atoms with Crippen molar-refractivity contribution in [2.45, 2.75) is 46.2 Å². The third kappa shape index (κ3) is 4.55. The fourth-order valence-corrected chi connectivity index (χ4v) is 4.53. The molecule has 0 aliphatic carbocycles. The maximum atomic E-state index is 13.7. The molecule has 1 unspecified atom stereocenters. The number of piperazine rings is 1. The number of allylic oxidation sites excluding steroid dienone is 2. The number of halogens is 1. The van der Waals surface area contributed by atoms with E-state index < -0.39 is 5.97 Å². The summed E-state index contributed by atoms with van der Waals surface area (Å²) >= 11 is 6.51. The Balaban J connectivity index is 2.08. The Hall–Kier alpha value is -2.31. The van der Waals surface area contributed by atoms with Gasteiger partial charge in [0, 0.05) is 54.1 Å². The van der Waals surface area contributed by atoms with E-state index in [0.717, 1.165) is 18.8 Å². The highest BCUT2D eigenvalue weighted by molar-refractivity contribution is 6.33. The van der Waals surface area contributed by atoms with Crippen LogP contribution in [0.1, 0.15) is 39.7 Å². The quantitative estimate of drug-likeness (QED) is 0.747. The van der Waals surface area contributed by atoms with Gasteiger partial charge in [-0.2, -0.15) is 0 Å². The zero-order chi connectivity index (χ0) is 22.0. The summed E-state index contributed by atoms with van der Waals surface area (Å²) in [5.74, 6) is -0.994. The average molecular weight is 432 g/mol. The number of hydrogen-bond acceptors (Lipinski definition) is 4. The van der Waals surface area contributed by atoms with Gasteiger partial charge >= 0.3 is 5.97 Å². The predicted molar refractivity (Wildman–Crippen MR) is 119 cm³/mol. The standard InChI is InChI=1S/C23H30ClN3O3/c1-14(2)26-9-11-27(12-10-26)23(30)21-16(4)25-15(3)18(13-20(28)29)22(21)17-7-5-6-8-19(17)24/h5-8,14,16,25H,9-13H2,1-4H3,(H,28,29). The number of nitrogens with one attached hydrogen (secondary N) is 1. The molecule has 0 spiro atoms. The van der Waals surface area contributed by atoms with Gasteiger partial charge in [-0.25, -0.2) is 0 Å². The molecule has 6 nitrogen and oxygen atoms in total. The Morgan fingerprint density at radius 3 is 2.40 bits per heavy atom. The highest BCUT2D eigenvalue weighted by Gasteiger charge is 2.35. The van der Waals surface area contributed by atoms with Gasteiger partial charge in [-0.3, -0.25) is 14.5 Å². The summed E-state index contributed by atoms with van der Waals surface area (Å²) in [7, 11) is 0. The van der Waals surface area contributed by atoms with Gasteiger partial charge in [0.25, 0.3) is 5.91 Å². The number of aliphatic carboxylic acids is 1. The number of carboxylic acids is 1. The number of rotatable bonds is 5. The maximum Gasteiger partial charge on any atom is 0.307 e. The molecule has 1 atom stereocenters. The van der Waals surface area contributed by atoms with Crippen molar-refractivity contribution in [2.75, 3.05) is 26.2 Å². The van der Waals surface area contributed by atoms with Gasteiger partial charge in [0.1, 0.15) is 0 Å². The number of dihydropyridines is 1. The Bertz CT molecular complexity index is 899. The van der Waals surface area contributed by atoms with E-state index in [1.807, 2.05) is 36.9 Å². The van der Waals surface area contributed by atoms with Crippen LogP contribution in [0.2, 0.25) is 5.02 Å². The molecule has 2 heterocycles. The number of carbonyl (C=O) groups excluding carboxylic acids is 1. The Labute approximate surface area is 183 Å². The largest absolute Gasteiger partial charge is 0.481 e. The summed E-state index contributed by atoms with van der Waals surface area (Å²) in [5, 5.41) is 13.3. The summed E-state index contributed by atoms with van der Waals surface area (Å²) in [5.41, 5.74) is 3.32. The lowest BCUT2D eigenvalue weighted by Gasteiger charge is -2.39. The van der Waals surface area contributed by atoms with Crippen molar-refractivity contribution in [3.8, 4) is 0 Å². The average Bonchev–Trinajstić information content (AvgIpc) is 2.69. The van der Waals surface area contributed by atoms with Crippen molar-refractivity contribution < 1.29 is 14.7 Å². The number of carboxylic acid groups (broad SMARTS) is 1. The van der Waals surface area contributed by atoms with Crippen molar-refractivity contribution in [1.82, 2.24) is 15.1 Å². The number of carbonyl (C=O) groups is 2. The molecule has 162 valence electrons. The maximum absolute atomic E-state index is 13.7. The van der Waals surface area contributed by atoms with Crippen molar-refractivity contribution in [3.05, 3.63) is 51.7 Å². The molecule has 0 bridgehead atoms. The molecule has 1 aromatic rings. The van der Waals surface area contributed by atoms with E-state index in [9.17, 15) is 14.7 Å². The Morgan fingerprint density at radius 1 is 1.20 bits per heavy atom. The predicted octanol–water partition coefficient (Wildman–Crippen LogP) is 3.39. The zero-order valence-corrected chi connectivity index (χ0v) is 18.8. The van der Waals surface area contributed by atoms with Crippen LogP contribution in [-0.2, 0) is 9.59 Å². The van der Waals surface area contributed by atoms with Gasteiger partial charge in [0.15, 0.2) is 0 Å². The molecule has 1 aromatic carbocycles. The van der Waals surface area contributed by atoms with Crippen LogP contribution in [0.15, 0.2) is 41.1 Å². The molecule has 2 aliphatic rings. The molecule has 7 heteroatoms. The molecule has 2 N–H and O–H groups in total. The van der Waals surface area contributed by atoms with E-state index in [2.05, 4.69) is 24.1 Å². The van der Waals surface area contributed by atoms with Crippen LogP contribution in [0.4, 0.5) is 0 Å². The zero-order valence-electron chi connectivity index (χ0n) is 18.0. The number of amides is 1. The van der Waals surface area contributed by atoms with E-state index in [1.165, 1.54) is 0 Å². The molecule has 2 aliphatic heterocycles. The van der Waals surface area contributed by atoms with Crippen LogP contribution in [0, 0.1) is 0 Å². The lowest BCUT2D eigenvalue weighted by molar-refractivity contribution is -0.136. The highest BCUT2D eigenvalue weighted by atomic mass is 35.5. The molecule has 3 rings (SSSR count). The van der Waals surface area contributed by atoms with Crippen LogP contribution in [0.3, 0.4) is 0 Å². The first-order valence-corrected chi connectivity index (χ1v) is 10.8. The molecule has 1 fully saturated rings. The number of hydrogen-bond donors (Lipinski definition) is 2. The summed E-state index contributed by atoms with van der Waals surface area (Å²) in [6.45, 7) is 11.1. The first kappa shape index (κ1) is 22.4. The van der Waals surface area contributed by atoms with Crippen LogP contribution in [-0.4, -0.2) is 65.0 Å². The molecular weight excluding hydrogens is 402 g/mol. The topological polar surface area (TPSA) is 72.9 Å². The van der Waals surface area contributed by atoms with Gasteiger partial charge in [-0.15, -0.1) is 0 Å². The smallest absolute Gasteiger partial charge is 0.307 e. The monoisotopic (exact) mass is 431 g/mol. The second-order valence-electron chi connectivity index (χ2n) is 8.23. The van der Waals surface area contributed by atoms with Crippen LogP contribution < -0.4 is 5.32 Å². The lowest BCUT2D eigenvalue weighted by Crippen LogP contribution is -2.52. The fraction of sp³-hybridized carbons (Fsp3) is 0.478. The van der Waals surface area contributed by atoms with Crippen molar-refractivity contribution >= 4 is 29.1 Å². The minimum absolute atomic E-state index is 0.0521. The molecule has 0 radical (unpaired) electrons. The van der Waals surface area contributed by atoms with Gasteiger partial charge in [-0.05, 0) is 44.9 Å². The van der Waals surface area contributed by atoms with Gasteiger partial charge in [0.2, 0.25) is 0 Å². The van der Waals surface area contributed by atoms with Gasteiger partial charge < -0.3 is 15.3 Å². The molecule has 0 saturated carbocycles. The molecule has 0 aromatic heterocycles. The van der Waals surface area contributed by atoms with Crippen LogP contribution in [0.5, 0.6) is 0 Å². The van der Waals surface area contributed by atoms with Crippen molar-refractivity contribution in [1.29, 1.82) is 0 Å². The third-order valence-corrected chi connectivity index (χ3v) is 6.25. The molecule has 1 saturated heterocycles. The summed E-state index contributed by atoms with van der Waals surface area (Å²) in [6.07, 6.45) is -0.177. The van der Waals surface area contributed by atoms with Crippen LogP contribution in [0.25, 0.3) is 5.57 Å². The van der Waals surface area contributed by atoms with Crippen molar-refractivity contribution in [2.24, 2.45) is 0 Å². The SMILES string of the molecule is CC1=C(CC(=O)O)C(c2ccccc2Cl)=C(C(=O)N2CCN(C(C)C)CC2)C(C)N1. The van der Waals surface area contributed by atoms with Gasteiger partial charge in [0.05, 0.1) is 12.5 Å². The summed E-state index contributed by atoms with van der Waals surface area (Å²) in [6, 6.07) is 7.52. The normalized spacial score (nSPS) is 20.6. The highest BCUT2D eigenvalue weighted by Crippen LogP contribution is 2.39. The Kier molecular flexibility index (Phi) is 6.88. The third-order valence-electron chi connectivity index (χ3n) is 5.92. The minimum atomic E-state index is -0.942. The van der Waals surface area contributed by atoms with Crippen LogP contribution >= 0.6 is 11.6 Å². The minimum Gasteiger partial charge on any atom is -0.481 e. The van der Waals surface area contributed by atoms with E-state index in [1.54, 1.807) is 6.07 Å². The van der Waals surface area contributed by atoms with E-state index in [0.29, 0.717) is 46.4 Å². The van der Waals surface area contributed by atoms with E-state index >= 15 is 0 Å². The Morgan fingerprint density at radius 2 is 1.83 bits per heavy atom. The molecular formula is C23H30ClN3O3. The molecule has 1 amide bonds. The second-order valence-corrected chi connectivity index (χ2v) is 8.64. The lowest BCUT2D eigenvalue weighted by atomic mass is 9.83. The fourth-order valence-electron chi connectivity index (χ4n) is 4.30. The first-order valence-electron chi connectivity index (χ1n) is 10.4. The number of benzene rings is 1. The van der Waals surface area contributed by atoms with Gasteiger partial charge in [-0.1, -0.05) is 29.8 Å². The molecule has 30 heavy (non-hydrogen) atoms. The number of nitrogens with zero attached hydrogens (tertiary/aromatic N) is 2. The summed E-state index contributed by atoms with van der Waals surface area (Å²) < 4.78 is 0. The second kappa shape index (κ2) is 9.23.